The number of carbonyl (C=O) groups excluding carboxylic acids is 2. The fourth-order valence-corrected chi connectivity index (χ4v) is 4.94. The van der Waals surface area contributed by atoms with Gasteiger partial charge in [0, 0.05) is 11.6 Å². The molecule has 5 atom stereocenters. The fraction of sp³-hybridized carbons (Fsp3) is 0.440. The maximum atomic E-state index is 13.5. The Hall–Kier alpha value is -2.62. The van der Waals surface area contributed by atoms with Crippen LogP contribution in [0.5, 0.6) is 0 Å². The molecule has 4 rings (SSSR count). The van der Waals surface area contributed by atoms with Gasteiger partial charge in [-0.2, -0.15) is 0 Å². The van der Waals surface area contributed by atoms with Gasteiger partial charge in [0.25, 0.3) is 5.91 Å². The number of amides is 2. The molecule has 0 saturated heterocycles. The molecule has 0 bridgehead atoms. The Kier molecular flexibility index (Phi) is 5.44. The quantitative estimate of drug-likeness (QED) is 0.808. The minimum atomic E-state index is -0.585. The first-order chi connectivity index (χ1) is 14.0. The highest BCUT2D eigenvalue weighted by molar-refractivity contribution is 6.05. The van der Waals surface area contributed by atoms with E-state index in [-0.39, 0.29) is 23.9 Å². The van der Waals surface area contributed by atoms with Crippen molar-refractivity contribution in [1.29, 1.82) is 0 Å². The highest BCUT2D eigenvalue weighted by atomic mass is 16.2. The molecule has 29 heavy (non-hydrogen) atoms. The topological polar surface area (TPSA) is 49.4 Å². The van der Waals surface area contributed by atoms with Crippen LogP contribution in [-0.4, -0.2) is 22.8 Å². The molecule has 0 aromatic heterocycles. The Morgan fingerprint density at radius 1 is 1.03 bits per heavy atom. The van der Waals surface area contributed by atoms with E-state index in [1.165, 1.54) is 6.42 Å². The Bertz CT molecular complexity index is 895. The van der Waals surface area contributed by atoms with Crippen molar-refractivity contribution in [3.63, 3.8) is 0 Å². The molecule has 1 fully saturated rings. The largest absolute Gasteiger partial charge is 0.351 e. The smallest absolute Gasteiger partial charge is 0.255 e. The molecule has 4 nitrogen and oxygen atoms in total. The highest BCUT2D eigenvalue weighted by Gasteiger charge is 2.44. The summed E-state index contributed by atoms with van der Waals surface area (Å²) in [5.74, 6) is 0.921. The lowest BCUT2D eigenvalue weighted by molar-refractivity contribution is -0.127. The van der Waals surface area contributed by atoms with Gasteiger partial charge in [-0.1, -0.05) is 75.2 Å². The lowest BCUT2D eigenvalue weighted by Gasteiger charge is -2.37. The molecule has 2 aromatic rings. The molecule has 2 aliphatic rings. The molecule has 5 unspecified atom stereocenters. The van der Waals surface area contributed by atoms with Gasteiger partial charge in [0.2, 0.25) is 5.91 Å². The van der Waals surface area contributed by atoms with Gasteiger partial charge < -0.3 is 10.2 Å². The Morgan fingerprint density at radius 3 is 2.48 bits per heavy atom. The van der Waals surface area contributed by atoms with E-state index in [0.717, 1.165) is 24.0 Å². The molecule has 152 valence electrons. The lowest BCUT2D eigenvalue weighted by atomic mass is 9.78. The molecule has 1 saturated carbocycles. The zero-order valence-electron chi connectivity index (χ0n) is 17.5. The molecule has 1 N–H and O–H groups in total. The molecule has 2 amide bonds. The summed E-state index contributed by atoms with van der Waals surface area (Å²) < 4.78 is 0. The monoisotopic (exact) mass is 390 g/mol. The van der Waals surface area contributed by atoms with E-state index in [1.807, 2.05) is 61.5 Å². The molecule has 4 heteroatoms. The number of fused-ring (bicyclic) bond motifs is 1. The van der Waals surface area contributed by atoms with Gasteiger partial charge in [0.05, 0.1) is 6.04 Å². The Balaban J connectivity index is 1.66. The summed E-state index contributed by atoms with van der Waals surface area (Å²) in [5.41, 5.74) is 2.49. The normalized spacial score (nSPS) is 27.4. The SMILES string of the molecule is CC1CCCC(NC(=O)C2c3ccccc3C(=O)N2C(C)c2ccccc2)C1C. The van der Waals surface area contributed by atoms with Crippen molar-refractivity contribution < 1.29 is 9.59 Å². The molecule has 1 aliphatic heterocycles. The van der Waals surface area contributed by atoms with Crippen molar-refractivity contribution in [3.05, 3.63) is 71.3 Å². The third-order valence-corrected chi connectivity index (χ3v) is 6.98. The van der Waals surface area contributed by atoms with Crippen LogP contribution in [0.4, 0.5) is 0 Å². The van der Waals surface area contributed by atoms with Gasteiger partial charge in [-0.05, 0) is 42.4 Å². The summed E-state index contributed by atoms with van der Waals surface area (Å²) in [4.78, 5) is 28.6. The fourth-order valence-electron chi connectivity index (χ4n) is 4.94. The first-order valence-corrected chi connectivity index (χ1v) is 10.8. The van der Waals surface area contributed by atoms with Crippen molar-refractivity contribution in [1.82, 2.24) is 10.2 Å². The zero-order chi connectivity index (χ0) is 20.5. The first kappa shape index (κ1) is 19.7. The summed E-state index contributed by atoms with van der Waals surface area (Å²) in [7, 11) is 0. The van der Waals surface area contributed by atoms with Crippen molar-refractivity contribution in [2.24, 2.45) is 11.8 Å². The molecule has 1 heterocycles. The average molecular weight is 391 g/mol. The van der Waals surface area contributed by atoms with Crippen LogP contribution in [0, 0.1) is 11.8 Å². The molecule has 0 spiro atoms. The predicted octanol–water partition coefficient (Wildman–Crippen LogP) is 4.89. The maximum absolute atomic E-state index is 13.5. The summed E-state index contributed by atoms with van der Waals surface area (Å²) in [5, 5.41) is 3.31. The Labute approximate surface area is 173 Å². The van der Waals surface area contributed by atoms with Crippen LogP contribution in [0.15, 0.2) is 54.6 Å². The molecular weight excluding hydrogens is 360 g/mol. The van der Waals surface area contributed by atoms with Gasteiger partial charge >= 0.3 is 0 Å². The van der Waals surface area contributed by atoms with Gasteiger partial charge in [-0.15, -0.1) is 0 Å². The van der Waals surface area contributed by atoms with Crippen LogP contribution in [0.2, 0.25) is 0 Å². The second-order valence-corrected chi connectivity index (χ2v) is 8.67. The lowest BCUT2D eigenvalue weighted by Crippen LogP contribution is -2.48. The van der Waals surface area contributed by atoms with Crippen molar-refractivity contribution in [2.75, 3.05) is 0 Å². The Morgan fingerprint density at radius 2 is 1.72 bits per heavy atom. The van der Waals surface area contributed by atoms with Crippen LogP contribution >= 0.6 is 0 Å². The van der Waals surface area contributed by atoms with Gasteiger partial charge in [-0.25, -0.2) is 0 Å². The van der Waals surface area contributed by atoms with Crippen molar-refractivity contribution in [3.8, 4) is 0 Å². The molecule has 0 radical (unpaired) electrons. The van der Waals surface area contributed by atoms with E-state index in [9.17, 15) is 9.59 Å². The van der Waals surface area contributed by atoms with E-state index in [4.69, 9.17) is 0 Å². The summed E-state index contributed by atoms with van der Waals surface area (Å²) in [6.07, 6.45) is 3.37. The van der Waals surface area contributed by atoms with Crippen LogP contribution in [0.25, 0.3) is 0 Å². The van der Waals surface area contributed by atoms with Gasteiger partial charge in [0.15, 0.2) is 0 Å². The third kappa shape index (κ3) is 3.57. The number of nitrogens with zero attached hydrogens (tertiary/aromatic N) is 1. The maximum Gasteiger partial charge on any atom is 0.255 e. The second-order valence-electron chi connectivity index (χ2n) is 8.67. The number of hydrogen-bond donors (Lipinski definition) is 1. The molecule has 1 aliphatic carbocycles. The van der Waals surface area contributed by atoms with Crippen LogP contribution in [0.3, 0.4) is 0 Å². The van der Waals surface area contributed by atoms with E-state index < -0.39 is 6.04 Å². The van der Waals surface area contributed by atoms with E-state index >= 15 is 0 Å². The minimum absolute atomic E-state index is 0.0583. The average Bonchev–Trinajstić information content (AvgIpc) is 3.04. The zero-order valence-corrected chi connectivity index (χ0v) is 17.5. The first-order valence-electron chi connectivity index (χ1n) is 10.8. The van der Waals surface area contributed by atoms with Gasteiger partial charge in [0.1, 0.15) is 6.04 Å². The van der Waals surface area contributed by atoms with Crippen molar-refractivity contribution in [2.45, 2.75) is 58.2 Å². The van der Waals surface area contributed by atoms with Crippen LogP contribution in [-0.2, 0) is 4.79 Å². The third-order valence-electron chi connectivity index (χ3n) is 6.98. The van der Waals surface area contributed by atoms with E-state index in [1.54, 1.807) is 4.90 Å². The molecule has 2 aromatic carbocycles. The van der Waals surface area contributed by atoms with Gasteiger partial charge in [-0.3, -0.25) is 9.59 Å². The predicted molar refractivity (Wildman–Crippen MR) is 114 cm³/mol. The minimum Gasteiger partial charge on any atom is -0.351 e. The number of carbonyl (C=O) groups is 2. The van der Waals surface area contributed by atoms with E-state index in [2.05, 4.69) is 19.2 Å². The number of benzene rings is 2. The summed E-state index contributed by atoms with van der Waals surface area (Å²) in [6, 6.07) is 16.9. The summed E-state index contributed by atoms with van der Waals surface area (Å²) in [6.45, 7) is 6.50. The standard InChI is InChI=1S/C25H30N2O2/c1-16-10-9-15-22(17(16)2)26-24(28)23-20-13-7-8-14-21(20)25(29)27(23)18(3)19-11-5-4-6-12-19/h4-8,11-14,16-18,22-23H,9-10,15H2,1-3H3,(H,26,28). The van der Waals surface area contributed by atoms with E-state index in [0.29, 0.717) is 17.4 Å². The summed E-state index contributed by atoms with van der Waals surface area (Å²) >= 11 is 0. The number of hydrogen-bond acceptors (Lipinski definition) is 2. The number of nitrogens with one attached hydrogen (secondary N) is 1. The van der Waals surface area contributed by atoms with Crippen molar-refractivity contribution >= 4 is 11.8 Å². The second kappa shape index (κ2) is 8.02. The number of rotatable bonds is 4. The van der Waals surface area contributed by atoms with Crippen LogP contribution < -0.4 is 5.32 Å². The van der Waals surface area contributed by atoms with Crippen LogP contribution in [0.1, 0.15) is 73.6 Å². The highest BCUT2D eigenvalue weighted by Crippen LogP contribution is 2.40. The molecular formula is C25H30N2O2.